The topological polar surface area (TPSA) is 44.2 Å². The van der Waals surface area contributed by atoms with Crippen LogP contribution in [-0.2, 0) is 5.41 Å². The highest BCUT2D eigenvalue weighted by atomic mass is 32.1. The maximum Gasteiger partial charge on any atom is 0.119 e. The number of thiophene rings is 2. The SMILES string of the molecule is CCCCCCCCOc1cccc(-c2nc3c(-c4ccc(C)s4)ccc(-c4ccc(-c5ccc6c(c5)C(CCCCCCCC)(CCCCCCCC)c5cc(C)ccc5-6)s4)c3nc2-c2cccc(OCCCCCCCC)c2)c1. The quantitative estimate of drug-likeness (QED) is 0.0371. The first-order valence-electron chi connectivity index (χ1n) is 32.1. The Balaban J connectivity index is 1.12. The van der Waals surface area contributed by atoms with Gasteiger partial charge in [-0.2, -0.15) is 0 Å². The molecule has 3 heterocycles. The predicted octanol–water partition coefficient (Wildman–Crippen LogP) is 24.0. The molecule has 0 radical (unpaired) electrons. The zero-order valence-corrected chi connectivity index (χ0v) is 52.0. The van der Waals surface area contributed by atoms with Crippen LogP contribution in [0.25, 0.3) is 76.0 Å². The first-order chi connectivity index (χ1) is 39.8. The lowest BCUT2D eigenvalue weighted by Crippen LogP contribution is -2.25. The molecule has 8 aromatic rings. The lowest BCUT2D eigenvalue weighted by atomic mass is 9.70. The Morgan fingerprint density at radius 1 is 0.370 bits per heavy atom. The van der Waals surface area contributed by atoms with E-state index in [1.807, 2.05) is 22.7 Å². The lowest BCUT2D eigenvalue weighted by Gasteiger charge is -2.33. The third kappa shape index (κ3) is 15.4. The minimum absolute atomic E-state index is 0.0221. The van der Waals surface area contributed by atoms with Gasteiger partial charge in [0.05, 0.1) is 35.6 Å². The van der Waals surface area contributed by atoms with E-state index in [2.05, 4.69) is 163 Å². The molecule has 0 atom stereocenters. The van der Waals surface area contributed by atoms with Crippen molar-refractivity contribution >= 4 is 33.7 Å². The van der Waals surface area contributed by atoms with E-state index < -0.39 is 0 Å². The Morgan fingerprint density at radius 3 is 1.31 bits per heavy atom. The molecule has 1 aliphatic carbocycles. The maximum absolute atomic E-state index is 6.50. The highest BCUT2D eigenvalue weighted by molar-refractivity contribution is 7.19. The first kappa shape index (κ1) is 60.0. The summed E-state index contributed by atoms with van der Waals surface area (Å²) in [6.45, 7) is 15.1. The maximum atomic E-state index is 6.50. The summed E-state index contributed by atoms with van der Waals surface area (Å²) in [7, 11) is 0. The van der Waals surface area contributed by atoms with Crippen LogP contribution in [0, 0.1) is 13.8 Å². The van der Waals surface area contributed by atoms with Crippen LogP contribution in [0.15, 0.2) is 121 Å². The van der Waals surface area contributed by atoms with Gasteiger partial charge in [0.25, 0.3) is 0 Å². The normalized spacial score (nSPS) is 12.6. The van der Waals surface area contributed by atoms with Gasteiger partial charge < -0.3 is 9.47 Å². The third-order valence-corrected chi connectivity index (χ3v) is 19.4. The zero-order valence-electron chi connectivity index (χ0n) is 50.4. The minimum Gasteiger partial charge on any atom is -0.494 e. The molecule has 81 heavy (non-hydrogen) atoms. The Labute approximate surface area is 496 Å². The first-order valence-corrected chi connectivity index (χ1v) is 33.7. The van der Waals surface area contributed by atoms with Gasteiger partial charge in [-0.3, -0.25) is 0 Å². The van der Waals surface area contributed by atoms with E-state index >= 15 is 0 Å². The van der Waals surface area contributed by atoms with E-state index in [-0.39, 0.29) is 5.41 Å². The number of fused-ring (bicyclic) bond motifs is 4. The molecule has 0 N–H and O–H groups in total. The number of hydrogen-bond donors (Lipinski definition) is 0. The molecule has 0 fully saturated rings. The molecule has 9 rings (SSSR count). The van der Waals surface area contributed by atoms with Crippen molar-refractivity contribution in [3.63, 3.8) is 0 Å². The summed E-state index contributed by atoms with van der Waals surface area (Å²) >= 11 is 3.71. The van der Waals surface area contributed by atoms with Crippen molar-refractivity contribution in [1.82, 2.24) is 9.97 Å². The number of unbranched alkanes of at least 4 members (excludes halogenated alkanes) is 20. The summed E-state index contributed by atoms with van der Waals surface area (Å²) in [5.74, 6) is 1.73. The van der Waals surface area contributed by atoms with Gasteiger partial charge in [0.15, 0.2) is 0 Å². The van der Waals surface area contributed by atoms with Gasteiger partial charge in [-0.1, -0.05) is 241 Å². The summed E-state index contributed by atoms with van der Waals surface area (Å²) in [5, 5.41) is 0. The van der Waals surface area contributed by atoms with Crippen molar-refractivity contribution in [3.8, 4) is 76.5 Å². The summed E-state index contributed by atoms with van der Waals surface area (Å²) in [5.41, 5.74) is 16.4. The van der Waals surface area contributed by atoms with Crippen LogP contribution in [0.2, 0.25) is 0 Å². The van der Waals surface area contributed by atoms with Crippen LogP contribution in [0.1, 0.15) is 216 Å². The number of rotatable bonds is 35. The van der Waals surface area contributed by atoms with E-state index in [0.717, 1.165) is 69.0 Å². The monoisotopic (exact) mass is 1120 g/mol. The second-order valence-corrected chi connectivity index (χ2v) is 25.9. The van der Waals surface area contributed by atoms with Crippen molar-refractivity contribution in [3.05, 3.63) is 143 Å². The predicted molar refractivity (Wildman–Crippen MR) is 352 cm³/mol. The second kappa shape index (κ2) is 30.7. The largest absolute Gasteiger partial charge is 0.494 e. The Morgan fingerprint density at radius 2 is 0.802 bits per heavy atom. The minimum atomic E-state index is 0.0221. The standard InChI is InChI=1S/C75H94N2O2S2/c1-7-11-15-19-23-27-47-75(48-28-24-20-16-12-8-2)66-51-55(5)37-40-62(66)63-41-39-57(54-67(63)75)68-45-46-70(81-68)65-43-42-64(69-44-38-56(6)80-69)73-74(65)77-72(59-34-32-36-61(53-59)79-50-30-26-22-18-14-10-4)71(76-73)58-33-31-35-60(52-58)78-49-29-25-21-17-13-9-3/h31-46,51-54H,7-30,47-50H2,1-6H3. The van der Waals surface area contributed by atoms with E-state index in [1.165, 1.54) is 196 Å². The third-order valence-electron chi connectivity index (χ3n) is 17.2. The molecule has 0 bridgehead atoms. The van der Waals surface area contributed by atoms with Crippen molar-refractivity contribution < 1.29 is 9.47 Å². The van der Waals surface area contributed by atoms with E-state index in [0.29, 0.717) is 13.2 Å². The van der Waals surface area contributed by atoms with Crippen LogP contribution in [0.5, 0.6) is 11.5 Å². The summed E-state index contributed by atoms with van der Waals surface area (Å²) in [4.78, 5) is 16.6. The molecule has 6 heteroatoms. The van der Waals surface area contributed by atoms with Gasteiger partial charge in [-0.05, 0) is 122 Å². The van der Waals surface area contributed by atoms with E-state index in [9.17, 15) is 0 Å². The molecule has 0 amide bonds. The van der Waals surface area contributed by atoms with Crippen LogP contribution in [-0.4, -0.2) is 23.2 Å². The highest BCUT2D eigenvalue weighted by Crippen LogP contribution is 2.56. The molecule has 5 aromatic carbocycles. The van der Waals surface area contributed by atoms with Gasteiger partial charge >= 0.3 is 0 Å². The lowest BCUT2D eigenvalue weighted by molar-refractivity contribution is 0.304. The van der Waals surface area contributed by atoms with E-state index in [1.54, 1.807) is 11.1 Å². The smallest absolute Gasteiger partial charge is 0.119 e. The van der Waals surface area contributed by atoms with Crippen molar-refractivity contribution in [2.75, 3.05) is 13.2 Å². The molecule has 1 aliphatic rings. The van der Waals surface area contributed by atoms with Crippen molar-refractivity contribution in [2.45, 2.75) is 214 Å². The Kier molecular flexibility index (Phi) is 22.7. The Hall–Kier alpha value is -5.56. The van der Waals surface area contributed by atoms with Crippen LogP contribution >= 0.6 is 22.7 Å². The average Bonchev–Trinajstić information content (AvgIpc) is 4.45. The fraction of sp³-hybridized carbons (Fsp3) is 0.467. The van der Waals surface area contributed by atoms with Gasteiger partial charge in [0.2, 0.25) is 0 Å². The molecule has 0 spiro atoms. The molecule has 428 valence electrons. The van der Waals surface area contributed by atoms with Crippen molar-refractivity contribution in [1.29, 1.82) is 0 Å². The molecular formula is C75H94N2O2S2. The molecule has 0 saturated carbocycles. The average molecular weight is 1120 g/mol. The highest BCUT2D eigenvalue weighted by Gasteiger charge is 2.42. The number of benzene rings is 5. The fourth-order valence-electron chi connectivity index (χ4n) is 12.6. The molecular weight excluding hydrogens is 1020 g/mol. The number of ether oxygens (including phenoxy) is 2. The molecule has 4 nitrogen and oxygen atoms in total. The van der Waals surface area contributed by atoms with Crippen molar-refractivity contribution in [2.24, 2.45) is 0 Å². The molecule has 0 saturated heterocycles. The number of aryl methyl sites for hydroxylation is 2. The van der Waals surface area contributed by atoms with Gasteiger partial charge in [-0.25, -0.2) is 9.97 Å². The fourth-order valence-corrected chi connectivity index (χ4v) is 14.5. The summed E-state index contributed by atoms with van der Waals surface area (Å²) in [6, 6.07) is 45.7. The van der Waals surface area contributed by atoms with Crippen LogP contribution < -0.4 is 9.47 Å². The zero-order chi connectivity index (χ0) is 56.2. The van der Waals surface area contributed by atoms with Crippen LogP contribution in [0.4, 0.5) is 0 Å². The number of aromatic nitrogens is 2. The molecule has 0 unspecified atom stereocenters. The molecule has 3 aromatic heterocycles. The summed E-state index contributed by atoms with van der Waals surface area (Å²) in [6.07, 6.45) is 33.0. The second-order valence-electron chi connectivity index (χ2n) is 23.6. The Bertz CT molecular complexity index is 3220. The number of hydrogen-bond acceptors (Lipinski definition) is 6. The van der Waals surface area contributed by atoms with Gasteiger partial charge in [0, 0.05) is 47.2 Å². The van der Waals surface area contributed by atoms with Gasteiger partial charge in [-0.15, -0.1) is 22.7 Å². The summed E-state index contributed by atoms with van der Waals surface area (Å²) < 4.78 is 13.0. The molecule has 0 aliphatic heterocycles. The van der Waals surface area contributed by atoms with Gasteiger partial charge in [0.1, 0.15) is 11.5 Å². The number of nitrogens with zero attached hydrogens (tertiary/aromatic N) is 2. The van der Waals surface area contributed by atoms with E-state index in [4.69, 9.17) is 19.4 Å². The van der Waals surface area contributed by atoms with Crippen LogP contribution in [0.3, 0.4) is 0 Å².